The lowest BCUT2D eigenvalue weighted by atomic mass is 10.3. The SMILES string of the molecule is CCCCCSN=C=O. The first-order valence-electron chi connectivity index (χ1n) is 3.11. The summed E-state index contributed by atoms with van der Waals surface area (Å²) < 4.78 is 3.35. The fourth-order valence-electron chi connectivity index (χ4n) is 0.489. The van der Waals surface area contributed by atoms with Crippen molar-refractivity contribution in [2.75, 3.05) is 5.75 Å². The van der Waals surface area contributed by atoms with E-state index in [1.54, 1.807) is 0 Å². The molecule has 0 unspecified atom stereocenters. The molecular weight excluding hydrogens is 134 g/mol. The van der Waals surface area contributed by atoms with Gasteiger partial charge in [0.1, 0.15) is 0 Å². The first-order chi connectivity index (χ1) is 4.41. The van der Waals surface area contributed by atoms with Crippen LogP contribution in [0.15, 0.2) is 4.40 Å². The van der Waals surface area contributed by atoms with Crippen molar-refractivity contribution in [2.45, 2.75) is 26.2 Å². The predicted octanol–water partition coefficient (Wildman–Crippen LogP) is 2.16. The van der Waals surface area contributed by atoms with Crippen molar-refractivity contribution in [1.82, 2.24) is 0 Å². The van der Waals surface area contributed by atoms with E-state index in [1.165, 1.54) is 30.9 Å². The van der Waals surface area contributed by atoms with Crippen molar-refractivity contribution in [3.8, 4) is 0 Å². The van der Waals surface area contributed by atoms with Crippen LogP contribution in [-0.2, 0) is 4.79 Å². The maximum absolute atomic E-state index is 9.53. The largest absolute Gasteiger partial charge is 0.247 e. The second-order valence-electron chi connectivity index (χ2n) is 1.72. The number of hydrogen-bond acceptors (Lipinski definition) is 3. The van der Waals surface area contributed by atoms with Gasteiger partial charge in [0.15, 0.2) is 0 Å². The molecule has 0 fully saturated rings. The van der Waals surface area contributed by atoms with E-state index in [2.05, 4.69) is 11.3 Å². The molecule has 9 heavy (non-hydrogen) atoms. The van der Waals surface area contributed by atoms with Crippen molar-refractivity contribution in [3.63, 3.8) is 0 Å². The van der Waals surface area contributed by atoms with Crippen LogP contribution in [0.4, 0.5) is 0 Å². The van der Waals surface area contributed by atoms with Crippen LogP contribution in [0.3, 0.4) is 0 Å². The molecule has 0 aliphatic heterocycles. The van der Waals surface area contributed by atoms with Gasteiger partial charge >= 0.3 is 0 Å². The van der Waals surface area contributed by atoms with E-state index in [-0.39, 0.29) is 0 Å². The molecule has 0 aromatic heterocycles. The zero-order valence-electron chi connectivity index (χ0n) is 5.59. The van der Waals surface area contributed by atoms with Gasteiger partial charge in [0.25, 0.3) is 0 Å². The van der Waals surface area contributed by atoms with Gasteiger partial charge in [-0.25, -0.2) is 4.79 Å². The number of carbonyl (C=O) groups excluding carboxylic acids is 1. The minimum absolute atomic E-state index is 0.948. The topological polar surface area (TPSA) is 29.4 Å². The van der Waals surface area contributed by atoms with Crippen LogP contribution in [0.5, 0.6) is 0 Å². The lowest BCUT2D eigenvalue weighted by molar-refractivity contribution is 0.566. The Kier molecular flexibility index (Phi) is 7.50. The number of isocyanates is 1. The molecule has 0 heterocycles. The van der Waals surface area contributed by atoms with Crippen LogP contribution >= 0.6 is 11.9 Å². The van der Waals surface area contributed by atoms with E-state index in [0.717, 1.165) is 12.2 Å². The molecule has 0 amide bonds. The smallest absolute Gasteiger partial charge is 0.210 e. The third-order valence-corrected chi connectivity index (χ3v) is 1.62. The zero-order chi connectivity index (χ0) is 6.95. The maximum atomic E-state index is 9.53. The van der Waals surface area contributed by atoms with Crippen LogP contribution in [-0.4, -0.2) is 11.8 Å². The molecule has 0 spiro atoms. The monoisotopic (exact) mass is 145 g/mol. The van der Waals surface area contributed by atoms with Gasteiger partial charge in [-0.2, -0.15) is 0 Å². The Morgan fingerprint density at radius 3 is 2.89 bits per heavy atom. The Bertz CT molecular complexity index is 99.2. The highest BCUT2D eigenvalue weighted by Crippen LogP contribution is 2.05. The molecule has 0 aromatic carbocycles. The molecule has 0 N–H and O–H groups in total. The van der Waals surface area contributed by atoms with Gasteiger partial charge < -0.3 is 0 Å². The van der Waals surface area contributed by atoms with Gasteiger partial charge in [-0.3, -0.25) is 0 Å². The molecule has 2 nitrogen and oxygen atoms in total. The minimum atomic E-state index is 0.948. The van der Waals surface area contributed by atoms with E-state index < -0.39 is 0 Å². The van der Waals surface area contributed by atoms with Gasteiger partial charge in [-0.05, 0) is 18.4 Å². The predicted molar refractivity (Wildman–Crippen MR) is 40.1 cm³/mol. The quantitative estimate of drug-likeness (QED) is 0.257. The Labute approximate surface area is 59.9 Å². The maximum Gasteiger partial charge on any atom is 0.247 e. The minimum Gasteiger partial charge on any atom is -0.210 e. The Hall–Kier alpha value is -0.270. The average Bonchev–Trinajstić information content (AvgIpc) is 1.89. The Balaban J connectivity index is 2.82. The summed E-state index contributed by atoms with van der Waals surface area (Å²) in [6.07, 6.45) is 5.07. The van der Waals surface area contributed by atoms with Crippen LogP contribution < -0.4 is 0 Å². The molecule has 0 aromatic rings. The molecule has 0 saturated heterocycles. The van der Waals surface area contributed by atoms with Crippen LogP contribution in [0.1, 0.15) is 26.2 Å². The average molecular weight is 145 g/mol. The molecule has 0 aliphatic carbocycles. The van der Waals surface area contributed by atoms with Gasteiger partial charge in [0.05, 0.1) is 0 Å². The van der Waals surface area contributed by atoms with Crippen molar-refractivity contribution in [3.05, 3.63) is 0 Å². The van der Waals surface area contributed by atoms with E-state index in [9.17, 15) is 4.79 Å². The normalized spacial score (nSPS) is 8.56. The van der Waals surface area contributed by atoms with Crippen molar-refractivity contribution >= 4 is 18.0 Å². The van der Waals surface area contributed by atoms with E-state index >= 15 is 0 Å². The summed E-state index contributed by atoms with van der Waals surface area (Å²) in [5.74, 6) is 0.948. The first kappa shape index (κ1) is 8.73. The highest BCUT2D eigenvalue weighted by Gasteiger charge is 1.84. The van der Waals surface area contributed by atoms with Crippen LogP contribution in [0, 0.1) is 0 Å². The molecule has 0 saturated carbocycles. The van der Waals surface area contributed by atoms with Gasteiger partial charge in [0, 0.05) is 5.75 Å². The lowest BCUT2D eigenvalue weighted by Gasteiger charge is -1.90. The van der Waals surface area contributed by atoms with E-state index in [4.69, 9.17) is 0 Å². The number of nitrogens with zero attached hydrogens (tertiary/aromatic N) is 1. The lowest BCUT2D eigenvalue weighted by Crippen LogP contribution is -1.75. The van der Waals surface area contributed by atoms with Crippen molar-refractivity contribution in [2.24, 2.45) is 4.40 Å². The molecule has 0 rings (SSSR count). The summed E-state index contributed by atoms with van der Waals surface area (Å²) in [7, 11) is 0. The van der Waals surface area contributed by atoms with Crippen LogP contribution in [0.25, 0.3) is 0 Å². The van der Waals surface area contributed by atoms with Gasteiger partial charge in [-0.15, -0.1) is 4.40 Å². The fourth-order valence-corrected chi connectivity index (χ4v) is 0.966. The van der Waals surface area contributed by atoms with Crippen LogP contribution in [0.2, 0.25) is 0 Å². The molecule has 3 heteroatoms. The van der Waals surface area contributed by atoms with Crippen molar-refractivity contribution in [1.29, 1.82) is 0 Å². The standard InChI is InChI=1S/C6H11NOS/c1-2-3-4-5-9-7-6-8/h2-5H2,1H3. The second kappa shape index (κ2) is 7.73. The summed E-state index contributed by atoms with van der Waals surface area (Å²) in [5, 5.41) is 0. The molecular formula is C6H11NOS. The highest BCUT2D eigenvalue weighted by atomic mass is 32.2. The first-order valence-corrected chi connectivity index (χ1v) is 4.05. The van der Waals surface area contributed by atoms with E-state index in [0.29, 0.717) is 0 Å². The van der Waals surface area contributed by atoms with Crippen molar-refractivity contribution < 1.29 is 4.79 Å². The summed E-state index contributed by atoms with van der Waals surface area (Å²) in [6.45, 7) is 2.15. The number of unbranched alkanes of at least 4 members (excludes halogenated alkanes) is 2. The zero-order valence-corrected chi connectivity index (χ0v) is 6.41. The van der Waals surface area contributed by atoms with Gasteiger partial charge in [-0.1, -0.05) is 19.8 Å². The highest BCUT2D eigenvalue weighted by molar-refractivity contribution is 7.98. The van der Waals surface area contributed by atoms with E-state index in [1.807, 2.05) is 0 Å². The Morgan fingerprint density at radius 2 is 2.33 bits per heavy atom. The molecule has 0 bridgehead atoms. The fraction of sp³-hybridized carbons (Fsp3) is 0.833. The third kappa shape index (κ3) is 7.73. The third-order valence-electron chi connectivity index (χ3n) is 0.941. The molecule has 0 radical (unpaired) electrons. The summed E-state index contributed by atoms with van der Waals surface area (Å²) in [4.78, 5) is 9.53. The molecule has 52 valence electrons. The number of rotatable bonds is 5. The molecule has 0 aliphatic rings. The second-order valence-corrected chi connectivity index (χ2v) is 2.57. The number of hydrogen-bond donors (Lipinski definition) is 0. The van der Waals surface area contributed by atoms with Gasteiger partial charge in [0.2, 0.25) is 6.08 Å². The summed E-state index contributed by atoms with van der Waals surface area (Å²) in [6, 6.07) is 0. The summed E-state index contributed by atoms with van der Waals surface area (Å²) in [5.41, 5.74) is 0. The molecule has 0 atom stereocenters. The summed E-state index contributed by atoms with van der Waals surface area (Å²) >= 11 is 1.29. The Morgan fingerprint density at radius 1 is 1.56 bits per heavy atom.